The van der Waals surface area contributed by atoms with Crippen molar-refractivity contribution in [2.24, 2.45) is 5.73 Å². The molecule has 0 atom stereocenters. The van der Waals surface area contributed by atoms with E-state index >= 15 is 0 Å². The van der Waals surface area contributed by atoms with Gasteiger partial charge in [-0.25, -0.2) is 0 Å². The van der Waals surface area contributed by atoms with Crippen molar-refractivity contribution >= 4 is 10.9 Å². The Bertz CT molecular complexity index is 495. The third-order valence-electron chi connectivity index (χ3n) is 2.96. The number of nitrogens with one attached hydrogen (secondary N) is 1. The van der Waals surface area contributed by atoms with Gasteiger partial charge in [0.15, 0.2) is 0 Å². The summed E-state index contributed by atoms with van der Waals surface area (Å²) in [6.45, 7) is 7.12. The third kappa shape index (κ3) is 1.65. The number of hydrogen-bond acceptors (Lipinski definition) is 1. The van der Waals surface area contributed by atoms with Gasteiger partial charge in [0.1, 0.15) is 0 Å². The molecule has 0 aliphatic heterocycles. The van der Waals surface area contributed by atoms with E-state index in [4.69, 9.17) is 5.73 Å². The van der Waals surface area contributed by atoms with E-state index in [0.717, 1.165) is 6.42 Å². The van der Waals surface area contributed by atoms with Crippen molar-refractivity contribution < 1.29 is 0 Å². The summed E-state index contributed by atoms with van der Waals surface area (Å²) >= 11 is 0. The largest absolute Gasteiger partial charge is 0.358 e. The highest BCUT2D eigenvalue weighted by Crippen LogP contribution is 2.26. The standard InChI is InChI=1S/C13H18N2/c1-8-6-9(2)13-12(7-8)11(4-5-14)10(3)15-13/h6-7,15H,4-5,14H2,1-3H3. The van der Waals surface area contributed by atoms with Crippen LogP contribution in [0.3, 0.4) is 0 Å². The van der Waals surface area contributed by atoms with Crippen LogP contribution in [0.1, 0.15) is 22.4 Å². The van der Waals surface area contributed by atoms with Crippen LogP contribution in [0, 0.1) is 20.8 Å². The topological polar surface area (TPSA) is 41.8 Å². The van der Waals surface area contributed by atoms with Crippen LogP contribution in [0.25, 0.3) is 10.9 Å². The van der Waals surface area contributed by atoms with Crippen LogP contribution in [0.15, 0.2) is 12.1 Å². The summed E-state index contributed by atoms with van der Waals surface area (Å²) in [5.41, 5.74) is 12.2. The zero-order valence-corrected chi connectivity index (χ0v) is 9.65. The van der Waals surface area contributed by atoms with Gasteiger partial charge in [-0.1, -0.05) is 11.6 Å². The van der Waals surface area contributed by atoms with Crippen LogP contribution in [0.2, 0.25) is 0 Å². The molecule has 0 amide bonds. The molecule has 1 heterocycles. The molecule has 2 rings (SSSR count). The second kappa shape index (κ2) is 3.70. The van der Waals surface area contributed by atoms with Crippen LogP contribution in [0.4, 0.5) is 0 Å². The molecule has 3 N–H and O–H groups in total. The molecule has 2 nitrogen and oxygen atoms in total. The lowest BCUT2D eigenvalue weighted by Crippen LogP contribution is -2.03. The number of hydrogen-bond donors (Lipinski definition) is 2. The van der Waals surface area contributed by atoms with Crippen molar-refractivity contribution in [1.82, 2.24) is 4.98 Å². The van der Waals surface area contributed by atoms with Crippen LogP contribution in [0.5, 0.6) is 0 Å². The molecule has 0 aliphatic carbocycles. The van der Waals surface area contributed by atoms with Gasteiger partial charge in [-0.2, -0.15) is 0 Å². The maximum atomic E-state index is 5.64. The SMILES string of the molecule is Cc1cc(C)c2[nH]c(C)c(CCN)c2c1. The normalized spacial score (nSPS) is 11.2. The van der Waals surface area contributed by atoms with Crippen LogP contribution in [-0.4, -0.2) is 11.5 Å². The maximum absolute atomic E-state index is 5.64. The fourth-order valence-electron chi connectivity index (χ4n) is 2.30. The van der Waals surface area contributed by atoms with Gasteiger partial charge < -0.3 is 10.7 Å². The summed E-state index contributed by atoms with van der Waals surface area (Å²) in [5.74, 6) is 0. The Hall–Kier alpha value is -1.28. The summed E-state index contributed by atoms with van der Waals surface area (Å²) in [4.78, 5) is 3.45. The number of rotatable bonds is 2. The number of aromatic amines is 1. The van der Waals surface area contributed by atoms with Gasteiger partial charge in [0.25, 0.3) is 0 Å². The molecule has 0 aliphatic rings. The molecule has 0 spiro atoms. The number of aromatic nitrogens is 1. The first kappa shape index (κ1) is 10.2. The summed E-state index contributed by atoms with van der Waals surface area (Å²) in [5, 5.41) is 1.34. The minimum absolute atomic E-state index is 0.709. The minimum atomic E-state index is 0.709. The Morgan fingerprint density at radius 1 is 1.20 bits per heavy atom. The summed E-state index contributed by atoms with van der Waals surface area (Å²) in [7, 11) is 0. The van der Waals surface area contributed by atoms with Gasteiger partial charge >= 0.3 is 0 Å². The molecule has 0 bridgehead atoms. The molecule has 0 saturated carbocycles. The average molecular weight is 202 g/mol. The number of fused-ring (bicyclic) bond motifs is 1. The molecule has 80 valence electrons. The van der Waals surface area contributed by atoms with Crippen LogP contribution < -0.4 is 5.73 Å². The first-order chi connectivity index (χ1) is 7.13. The zero-order chi connectivity index (χ0) is 11.0. The van der Waals surface area contributed by atoms with E-state index in [2.05, 4.69) is 37.9 Å². The lowest BCUT2D eigenvalue weighted by atomic mass is 10.0. The molecule has 1 aromatic heterocycles. The summed E-state index contributed by atoms with van der Waals surface area (Å²) in [6, 6.07) is 4.46. The highest BCUT2D eigenvalue weighted by atomic mass is 14.7. The van der Waals surface area contributed by atoms with Crippen molar-refractivity contribution in [2.45, 2.75) is 27.2 Å². The molecule has 15 heavy (non-hydrogen) atoms. The van der Waals surface area contributed by atoms with E-state index in [1.54, 1.807) is 0 Å². The first-order valence-corrected chi connectivity index (χ1v) is 5.42. The third-order valence-corrected chi connectivity index (χ3v) is 2.96. The Kier molecular flexibility index (Phi) is 2.53. The molecule has 2 heteroatoms. The Morgan fingerprint density at radius 2 is 1.93 bits per heavy atom. The van der Waals surface area contributed by atoms with E-state index in [1.807, 2.05) is 0 Å². The molecule has 0 fully saturated rings. The minimum Gasteiger partial charge on any atom is -0.358 e. The number of aryl methyl sites for hydroxylation is 3. The Labute approximate surface area is 90.5 Å². The van der Waals surface area contributed by atoms with Crippen LogP contribution >= 0.6 is 0 Å². The van der Waals surface area contributed by atoms with Crippen molar-refractivity contribution in [2.75, 3.05) is 6.54 Å². The maximum Gasteiger partial charge on any atom is 0.0488 e. The fraction of sp³-hybridized carbons (Fsp3) is 0.385. The second-order valence-corrected chi connectivity index (χ2v) is 4.27. The monoisotopic (exact) mass is 202 g/mol. The number of H-pyrrole nitrogens is 1. The van der Waals surface area contributed by atoms with Gasteiger partial charge in [0.2, 0.25) is 0 Å². The molecule has 0 saturated heterocycles. The first-order valence-electron chi connectivity index (χ1n) is 5.42. The summed E-state index contributed by atoms with van der Waals surface area (Å²) in [6.07, 6.45) is 0.953. The fourth-order valence-corrected chi connectivity index (χ4v) is 2.30. The predicted molar refractivity (Wildman–Crippen MR) is 65.3 cm³/mol. The van der Waals surface area contributed by atoms with Crippen molar-refractivity contribution in [3.8, 4) is 0 Å². The van der Waals surface area contributed by atoms with Crippen molar-refractivity contribution in [1.29, 1.82) is 0 Å². The van der Waals surface area contributed by atoms with E-state index in [9.17, 15) is 0 Å². The lowest BCUT2D eigenvalue weighted by molar-refractivity contribution is 0.963. The molecular formula is C13H18N2. The van der Waals surface area contributed by atoms with Crippen molar-refractivity contribution in [3.05, 3.63) is 34.5 Å². The van der Waals surface area contributed by atoms with Crippen molar-refractivity contribution in [3.63, 3.8) is 0 Å². The van der Waals surface area contributed by atoms with E-state index in [1.165, 1.54) is 33.3 Å². The molecular weight excluding hydrogens is 184 g/mol. The molecule has 0 unspecified atom stereocenters. The van der Waals surface area contributed by atoms with Gasteiger partial charge in [-0.05, 0) is 50.9 Å². The van der Waals surface area contributed by atoms with Gasteiger partial charge in [0.05, 0.1) is 0 Å². The number of benzene rings is 1. The lowest BCUT2D eigenvalue weighted by Gasteiger charge is -2.01. The molecule has 0 radical (unpaired) electrons. The molecule has 2 aromatic rings. The van der Waals surface area contributed by atoms with Gasteiger partial charge in [-0.15, -0.1) is 0 Å². The Morgan fingerprint density at radius 3 is 2.60 bits per heavy atom. The summed E-state index contributed by atoms with van der Waals surface area (Å²) < 4.78 is 0. The highest BCUT2D eigenvalue weighted by Gasteiger charge is 2.09. The molecule has 1 aromatic carbocycles. The second-order valence-electron chi connectivity index (χ2n) is 4.27. The van der Waals surface area contributed by atoms with E-state index in [-0.39, 0.29) is 0 Å². The van der Waals surface area contributed by atoms with E-state index < -0.39 is 0 Å². The van der Waals surface area contributed by atoms with Crippen LogP contribution in [-0.2, 0) is 6.42 Å². The average Bonchev–Trinajstić information content (AvgIpc) is 2.46. The van der Waals surface area contributed by atoms with Gasteiger partial charge in [-0.3, -0.25) is 0 Å². The van der Waals surface area contributed by atoms with Gasteiger partial charge in [0, 0.05) is 16.6 Å². The van der Waals surface area contributed by atoms with E-state index in [0.29, 0.717) is 6.54 Å². The zero-order valence-electron chi connectivity index (χ0n) is 9.65. The Balaban J connectivity index is 2.74. The quantitative estimate of drug-likeness (QED) is 0.772. The highest BCUT2D eigenvalue weighted by molar-refractivity contribution is 5.88. The predicted octanol–water partition coefficient (Wildman–Crippen LogP) is 2.59. The number of nitrogens with two attached hydrogens (primary N) is 1. The smallest absolute Gasteiger partial charge is 0.0488 e.